The SMILES string of the molecule is O=S(=O)(Cl)N([Si](S(=O)(=O)c1ccccc1)(S(=O)(=O)c1ccccc1)S(=O)(=O)c1ccccc1)S(=O)(=O)Cl. The van der Waals surface area contributed by atoms with Gasteiger partial charge in [-0.05, 0) is 39.8 Å². The highest BCUT2D eigenvalue weighted by molar-refractivity contribution is 8.75. The van der Waals surface area contributed by atoms with Crippen LogP contribution in [0.5, 0.6) is 0 Å². The van der Waals surface area contributed by atoms with E-state index in [1.807, 2.05) is 0 Å². The molecule has 0 bridgehead atoms. The van der Waals surface area contributed by atoms with Crippen LogP contribution >= 0.6 is 21.4 Å². The van der Waals surface area contributed by atoms with Gasteiger partial charge in [-0.15, -0.1) is 0 Å². The molecule has 3 aromatic rings. The Balaban J connectivity index is 2.83. The summed E-state index contributed by atoms with van der Waals surface area (Å²) in [6.45, 7) is 0. The summed E-state index contributed by atoms with van der Waals surface area (Å²) in [6.07, 6.45) is 0. The first kappa shape index (κ1) is 29.7. The van der Waals surface area contributed by atoms with E-state index in [2.05, 4.69) is 0 Å². The average Bonchev–Trinajstić information content (AvgIpc) is 2.82. The molecule has 0 saturated heterocycles. The van der Waals surface area contributed by atoms with Crippen LogP contribution in [0.15, 0.2) is 106 Å². The number of hydrogen-bond acceptors (Lipinski definition) is 10. The summed E-state index contributed by atoms with van der Waals surface area (Å²) in [6, 6.07) is 15.1. The molecule has 11 nitrogen and oxygen atoms in total. The summed E-state index contributed by atoms with van der Waals surface area (Å²) < 4.78 is 135. The van der Waals surface area contributed by atoms with E-state index in [-0.39, 0.29) is 0 Å². The third-order valence-corrected chi connectivity index (χ3v) is 40.8. The predicted octanol–water partition coefficient (Wildman–Crippen LogP) is 2.11. The molecule has 0 N–H and O–H groups in total. The molecule has 0 spiro atoms. The van der Waals surface area contributed by atoms with Crippen molar-refractivity contribution in [1.82, 2.24) is 3.38 Å². The Bertz CT molecular complexity index is 1650. The Morgan fingerprint density at radius 3 is 0.838 bits per heavy atom. The summed E-state index contributed by atoms with van der Waals surface area (Å²) in [7, 11) is -19.4. The fourth-order valence-corrected chi connectivity index (χ4v) is 47.8. The highest BCUT2D eigenvalue weighted by atomic mass is 35.7. The maximum atomic E-state index is 14.2. The van der Waals surface area contributed by atoms with Gasteiger partial charge in [-0.1, -0.05) is 54.6 Å². The lowest BCUT2D eigenvalue weighted by Gasteiger charge is -2.33. The van der Waals surface area contributed by atoms with Gasteiger partial charge in [-0.25, -0.2) is 25.3 Å². The molecule has 0 aliphatic heterocycles. The van der Waals surface area contributed by atoms with Crippen LogP contribution in [0.4, 0.5) is 0 Å². The molecule has 0 aliphatic carbocycles. The standard InChI is InChI=1S/C18H15Cl2NO10S5Si/c19-35(28,29)21(36(20,30)31)37(32(22,23)16-10-4-1-5-11-16,33(24,25)17-12-6-2-7-13-17)34(26,27)18-14-8-3-9-15-18/h1-15H. The zero-order valence-corrected chi connectivity index (χ0v) is 24.6. The van der Waals surface area contributed by atoms with Crippen LogP contribution in [0.2, 0.25) is 0 Å². The van der Waals surface area contributed by atoms with E-state index in [0.29, 0.717) is 0 Å². The van der Waals surface area contributed by atoms with E-state index in [0.717, 1.165) is 72.8 Å². The molecule has 0 radical (unpaired) electrons. The molecule has 0 unspecified atom stereocenters. The second kappa shape index (κ2) is 10.0. The van der Waals surface area contributed by atoms with Crippen molar-refractivity contribution in [2.75, 3.05) is 0 Å². The van der Waals surface area contributed by atoms with Gasteiger partial charge in [0.1, 0.15) is 0 Å². The van der Waals surface area contributed by atoms with Gasteiger partial charge in [0.2, 0.25) is 27.9 Å². The van der Waals surface area contributed by atoms with Crippen LogP contribution < -0.4 is 0 Å². The lowest BCUT2D eigenvalue weighted by molar-refractivity contribution is 0.559. The van der Waals surface area contributed by atoms with Crippen LogP contribution in [-0.2, 0) is 46.3 Å². The first-order valence-electron chi connectivity index (χ1n) is 9.52. The highest BCUT2D eigenvalue weighted by Gasteiger charge is 2.81. The van der Waals surface area contributed by atoms with Crippen LogP contribution in [0.25, 0.3) is 0 Å². The zero-order chi connectivity index (χ0) is 27.9. The van der Waals surface area contributed by atoms with Crippen molar-refractivity contribution in [3.05, 3.63) is 91.0 Å². The van der Waals surface area contributed by atoms with E-state index < -0.39 is 70.1 Å². The second-order valence-electron chi connectivity index (χ2n) is 7.05. The predicted molar refractivity (Wildman–Crippen MR) is 138 cm³/mol. The molecule has 3 aromatic carbocycles. The maximum Gasteiger partial charge on any atom is 0.568 e. The van der Waals surface area contributed by atoms with Crippen molar-refractivity contribution < 1.29 is 42.1 Å². The Kier molecular flexibility index (Phi) is 8.07. The Hall–Kier alpha value is -1.83. The molecule has 3 rings (SSSR count). The molecular formula is C18H15Cl2NO10S5Si. The molecule has 19 heteroatoms. The molecule has 0 heterocycles. The average molecular weight is 665 g/mol. The zero-order valence-electron chi connectivity index (χ0n) is 18.0. The quantitative estimate of drug-likeness (QED) is 0.244. The van der Waals surface area contributed by atoms with Crippen LogP contribution in [0, 0.1) is 0 Å². The monoisotopic (exact) mass is 663 g/mol. The number of halogens is 2. The minimum atomic E-state index is -7.29. The van der Waals surface area contributed by atoms with Gasteiger partial charge >= 0.3 is 24.2 Å². The molecule has 0 atom stereocenters. The highest BCUT2D eigenvalue weighted by Crippen LogP contribution is 2.45. The third-order valence-electron chi connectivity index (χ3n) is 4.80. The summed E-state index contributed by atoms with van der Waals surface area (Å²) in [4.78, 5) is -3.02. The Labute approximate surface area is 223 Å². The van der Waals surface area contributed by atoms with Gasteiger partial charge in [-0.2, -0.15) is 16.8 Å². The fourth-order valence-electron chi connectivity index (χ4n) is 3.35. The smallest absolute Gasteiger partial charge is 0.227 e. The Morgan fingerprint density at radius 1 is 0.432 bits per heavy atom. The molecule has 0 aromatic heterocycles. The third kappa shape index (κ3) is 4.87. The van der Waals surface area contributed by atoms with Gasteiger partial charge in [0.25, 0.3) is 0 Å². The molecule has 0 saturated carbocycles. The first-order chi connectivity index (χ1) is 16.9. The summed E-state index contributed by atoms with van der Waals surface area (Å²) in [5.74, 6) is 0. The normalized spacial score (nSPS) is 13.9. The van der Waals surface area contributed by atoms with Gasteiger partial charge in [-0.3, -0.25) is 0 Å². The van der Waals surface area contributed by atoms with Crippen LogP contribution in [-0.4, -0.2) is 51.1 Å². The lowest BCUT2D eigenvalue weighted by atomic mass is 10.4. The maximum absolute atomic E-state index is 14.2. The number of rotatable bonds is 9. The topological polar surface area (TPSA) is 174 Å². The van der Waals surface area contributed by atoms with E-state index >= 15 is 0 Å². The van der Waals surface area contributed by atoms with Gasteiger partial charge in [0.05, 0.1) is 14.7 Å². The largest absolute Gasteiger partial charge is 0.568 e. The van der Waals surface area contributed by atoms with E-state index in [1.165, 1.54) is 18.2 Å². The molecule has 0 aliphatic rings. The number of hydrogen-bond donors (Lipinski definition) is 0. The summed E-state index contributed by atoms with van der Waals surface area (Å²) in [5, 5.41) is 0. The van der Waals surface area contributed by atoms with E-state index in [9.17, 15) is 42.1 Å². The van der Waals surface area contributed by atoms with Crippen LogP contribution in [0.3, 0.4) is 0 Å². The first-order valence-corrected chi connectivity index (χ1v) is 22.6. The van der Waals surface area contributed by atoms with Crippen molar-refractivity contribution in [1.29, 1.82) is 0 Å². The fraction of sp³-hybridized carbons (Fsp3) is 0. The summed E-state index contributed by atoms with van der Waals surface area (Å²) >= 11 is 0. The molecule has 0 fully saturated rings. The van der Waals surface area contributed by atoms with Gasteiger partial charge in [0.15, 0.2) is 0 Å². The molecular weight excluding hydrogens is 650 g/mol. The van der Waals surface area contributed by atoms with Crippen molar-refractivity contribution in [2.45, 2.75) is 14.7 Å². The lowest BCUT2D eigenvalue weighted by Crippen LogP contribution is -2.71. The molecule has 200 valence electrons. The molecule has 0 amide bonds. The van der Waals surface area contributed by atoms with Crippen molar-refractivity contribution >= 4 is 73.4 Å². The number of nitrogens with zero attached hydrogens (tertiary/aromatic N) is 1. The second-order valence-corrected chi connectivity index (χ2v) is 31.1. The van der Waals surface area contributed by atoms with E-state index in [4.69, 9.17) is 21.4 Å². The van der Waals surface area contributed by atoms with E-state index in [1.54, 1.807) is 0 Å². The summed E-state index contributed by atoms with van der Waals surface area (Å²) in [5.41, 5.74) is -7.29. The van der Waals surface area contributed by atoms with Crippen molar-refractivity contribution in [2.24, 2.45) is 0 Å². The van der Waals surface area contributed by atoms with Gasteiger partial charge in [0, 0.05) is 21.4 Å². The van der Waals surface area contributed by atoms with Crippen LogP contribution in [0.1, 0.15) is 0 Å². The van der Waals surface area contributed by atoms with Crippen molar-refractivity contribution in [3.63, 3.8) is 0 Å². The Morgan fingerprint density at radius 2 is 0.649 bits per heavy atom. The van der Waals surface area contributed by atoms with Gasteiger partial charge < -0.3 is 0 Å². The number of benzene rings is 3. The minimum absolute atomic E-state index is 0.776. The minimum Gasteiger partial charge on any atom is -0.227 e. The molecule has 37 heavy (non-hydrogen) atoms. The van der Waals surface area contributed by atoms with Crippen molar-refractivity contribution in [3.8, 4) is 0 Å².